The summed E-state index contributed by atoms with van der Waals surface area (Å²) in [6.45, 7) is 5.22. The number of nitrogens with zero attached hydrogens (tertiary/aromatic N) is 1. The Kier molecular flexibility index (Phi) is 4.60. The largest absolute Gasteiger partial charge is 0.452 e. The SMILES string of the molecule is CC(C)(C)NC(=O)COC(=O)/C=C/c1nc2ccccc2o1. The number of aromatic nitrogens is 1. The van der Waals surface area contributed by atoms with Crippen molar-refractivity contribution < 1.29 is 18.7 Å². The highest BCUT2D eigenvalue weighted by molar-refractivity contribution is 5.89. The van der Waals surface area contributed by atoms with E-state index in [1.807, 2.05) is 39.0 Å². The molecule has 1 amide bonds. The van der Waals surface area contributed by atoms with Crippen molar-refractivity contribution in [1.29, 1.82) is 0 Å². The van der Waals surface area contributed by atoms with E-state index in [0.717, 1.165) is 0 Å². The van der Waals surface area contributed by atoms with Crippen molar-refractivity contribution in [3.8, 4) is 0 Å². The fourth-order valence-electron chi connectivity index (χ4n) is 1.74. The van der Waals surface area contributed by atoms with Gasteiger partial charge in [0.05, 0.1) is 0 Å². The molecule has 0 atom stereocenters. The summed E-state index contributed by atoms with van der Waals surface area (Å²) >= 11 is 0. The number of benzene rings is 1. The number of hydrogen-bond donors (Lipinski definition) is 1. The molecule has 1 N–H and O–H groups in total. The molecule has 1 aromatic carbocycles. The predicted octanol–water partition coefficient (Wildman–Crippen LogP) is 2.30. The summed E-state index contributed by atoms with van der Waals surface area (Å²) in [6, 6.07) is 7.28. The second-order valence-corrected chi connectivity index (χ2v) is 5.76. The van der Waals surface area contributed by atoms with Crippen LogP contribution in [0.2, 0.25) is 0 Å². The van der Waals surface area contributed by atoms with Crippen LogP contribution in [0.5, 0.6) is 0 Å². The Morgan fingerprint density at radius 3 is 2.73 bits per heavy atom. The topological polar surface area (TPSA) is 81.4 Å². The molecule has 0 unspecified atom stereocenters. The molecule has 0 aliphatic rings. The molecular formula is C16H18N2O4. The maximum Gasteiger partial charge on any atom is 0.331 e. The van der Waals surface area contributed by atoms with Crippen molar-refractivity contribution in [3.05, 3.63) is 36.2 Å². The Morgan fingerprint density at radius 1 is 1.32 bits per heavy atom. The standard InChI is InChI=1S/C16H18N2O4/c1-16(2,3)18-13(19)10-21-15(20)9-8-14-17-11-6-4-5-7-12(11)22-14/h4-9H,10H2,1-3H3,(H,18,19)/b9-8+. The van der Waals surface area contributed by atoms with E-state index in [0.29, 0.717) is 17.0 Å². The predicted molar refractivity (Wildman–Crippen MR) is 81.9 cm³/mol. The summed E-state index contributed by atoms with van der Waals surface area (Å²) in [5, 5.41) is 2.69. The summed E-state index contributed by atoms with van der Waals surface area (Å²) in [5.41, 5.74) is 0.984. The molecule has 22 heavy (non-hydrogen) atoms. The Morgan fingerprint density at radius 2 is 2.05 bits per heavy atom. The fraction of sp³-hybridized carbons (Fsp3) is 0.312. The summed E-state index contributed by atoms with van der Waals surface area (Å²) in [5.74, 6) is -0.681. The van der Waals surface area contributed by atoms with Crippen molar-refractivity contribution in [2.75, 3.05) is 6.61 Å². The normalized spacial score (nSPS) is 11.8. The number of para-hydroxylation sites is 2. The fourth-order valence-corrected chi connectivity index (χ4v) is 1.74. The van der Waals surface area contributed by atoms with Crippen LogP contribution in [0.4, 0.5) is 0 Å². The first kappa shape index (κ1) is 15.8. The molecule has 2 rings (SSSR count). The zero-order valence-electron chi connectivity index (χ0n) is 12.8. The number of ether oxygens (including phenoxy) is 1. The number of rotatable bonds is 4. The second kappa shape index (κ2) is 6.43. The number of carbonyl (C=O) groups excluding carboxylic acids is 2. The maximum absolute atomic E-state index is 11.5. The molecule has 6 nitrogen and oxygen atoms in total. The van der Waals surface area contributed by atoms with E-state index in [1.165, 1.54) is 12.2 Å². The van der Waals surface area contributed by atoms with Gasteiger partial charge in [0.2, 0.25) is 5.89 Å². The van der Waals surface area contributed by atoms with E-state index >= 15 is 0 Å². The number of oxazole rings is 1. The maximum atomic E-state index is 11.5. The van der Waals surface area contributed by atoms with Crippen LogP contribution in [-0.4, -0.2) is 29.0 Å². The van der Waals surface area contributed by atoms with Gasteiger partial charge >= 0.3 is 5.97 Å². The molecular weight excluding hydrogens is 284 g/mol. The average Bonchev–Trinajstić information content (AvgIpc) is 2.84. The first-order chi connectivity index (χ1) is 10.3. The number of nitrogens with one attached hydrogen (secondary N) is 1. The van der Waals surface area contributed by atoms with E-state index in [9.17, 15) is 9.59 Å². The summed E-state index contributed by atoms with van der Waals surface area (Å²) in [7, 11) is 0. The van der Waals surface area contributed by atoms with Crippen molar-refractivity contribution in [2.24, 2.45) is 0 Å². The number of hydrogen-bond acceptors (Lipinski definition) is 5. The lowest BCUT2D eigenvalue weighted by Gasteiger charge is -2.20. The van der Waals surface area contributed by atoms with Crippen LogP contribution >= 0.6 is 0 Å². The van der Waals surface area contributed by atoms with Gasteiger partial charge in [0.1, 0.15) is 5.52 Å². The molecule has 0 aliphatic heterocycles. The molecule has 1 aromatic heterocycles. The smallest absolute Gasteiger partial charge is 0.331 e. The quantitative estimate of drug-likeness (QED) is 0.692. The van der Waals surface area contributed by atoms with Crippen molar-refractivity contribution in [1.82, 2.24) is 10.3 Å². The Labute approximate surface area is 128 Å². The van der Waals surface area contributed by atoms with E-state index in [-0.39, 0.29) is 18.1 Å². The lowest BCUT2D eigenvalue weighted by Crippen LogP contribution is -2.42. The monoisotopic (exact) mass is 302 g/mol. The molecule has 2 aromatic rings. The third-order valence-electron chi connectivity index (χ3n) is 2.53. The number of amides is 1. The number of fused-ring (bicyclic) bond motifs is 1. The van der Waals surface area contributed by atoms with Crippen LogP contribution in [0.25, 0.3) is 17.2 Å². The van der Waals surface area contributed by atoms with E-state index < -0.39 is 5.97 Å². The summed E-state index contributed by atoms with van der Waals surface area (Å²) < 4.78 is 10.3. The van der Waals surface area contributed by atoms with Crippen LogP contribution in [0.1, 0.15) is 26.7 Å². The van der Waals surface area contributed by atoms with Crippen molar-refractivity contribution >= 4 is 29.1 Å². The molecule has 0 saturated carbocycles. The zero-order valence-corrected chi connectivity index (χ0v) is 12.8. The van der Waals surface area contributed by atoms with Gasteiger partial charge < -0.3 is 14.5 Å². The second-order valence-electron chi connectivity index (χ2n) is 5.76. The summed E-state index contributed by atoms with van der Waals surface area (Å²) in [4.78, 5) is 27.2. The Hall–Kier alpha value is -2.63. The molecule has 0 aliphatic carbocycles. The first-order valence-electron chi connectivity index (χ1n) is 6.85. The van der Waals surface area contributed by atoms with E-state index in [1.54, 1.807) is 6.07 Å². The van der Waals surface area contributed by atoms with Crippen LogP contribution in [0, 0.1) is 0 Å². The highest BCUT2D eigenvalue weighted by Gasteiger charge is 2.14. The van der Waals surface area contributed by atoms with Crippen molar-refractivity contribution in [2.45, 2.75) is 26.3 Å². The van der Waals surface area contributed by atoms with Gasteiger partial charge in [0, 0.05) is 17.7 Å². The molecule has 6 heteroatoms. The highest BCUT2D eigenvalue weighted by Crippen LogP contribution is 2.15. The van der Waals surface area contributed by atoms with Crippen LogP contribution < -0.4 is 5.32 Å². The minimum atomic E-state index is -0.633. The van der Waals surface area contributed by atoms with Gasteiger partial charge in [0.25, 0.3) is 5.91 Å². The van der Waals surface area contributed by atoms with E-state index in [4.69, 9.17) is 9.15 Å². The third-order valence-corrected chi connectivity index (χ3v) is 2.53. The van der Waals surface area contributed by atoms with Crippen molar-refractivity contribution in [3.63, 3.8) is 0 Å². The molecule has 0 saturated heterocycles. The molecule has 1 heterocycles. The lowest BCUT2D eigenvalue weighted by atomic mass is 10.1. The Bertz CT molecular complexity index is 677. The minimum Gasteiger partial charge on any atom is -0.452 e. The number of carbonyl (C=O) groups is 2. The third kappa shape index (κ3) is 4.73. The molecule has 0 spiro atoms. The number of esters is 1. The average molecular weight is 302 g/mol. The van der Waals surface area contributed by atoms with Gasteiger partial charge in [-0.3, -0.25) is 4.79 Å². The van der Waals surface area contributed by atoms with Crippen LogP contribution in [0.15, 0.2) is 34.8 Å². The molecule has 116 valence electrons. The van der Waals surface area contributed by atoms with Gasteiger partial charge in [-0.15, -0.1) is 0 Å². The van der Waals surface area contributed by atoms with Gasteiger partial charge in [0.15, 0.2) is 12.2 Å². The van der Waals surface area contributed by atoms with Gasteiger partial charge in [-0.1, -0.05) is 12.1 Å². The lowest BCUT2D eigenvalue weighted by molar-refractivity contribution is -0.144. The van der Waals surface area contributed by atoms with Gasteiger partial charge in [-0.05, 0) is 32.9 Å². The van der Waals surface area contributed by atoms with Crippen LogP contribution in [-0.2, 0) is 14.3 Å². The van der Waals surface area contributed by atoms with Gasteiger partial charge in [-0.25, -0.2) is 9.78 Å². The highest BCUT2D eigenvalue weighted by atomic mass is 16.5. The Balaban J connectivity index is 1.87. The molecule has 0 radical (unpaired) electrons. The molecule has 0 fully saturated rings. The summed E-state index contributed by atoms with van der Waals surface area (Å²) in [6.07, 6.45) is 2.58. The zero-order chi connectivity index (χ0) is 16.2. The molecule has 0 bridgehead atoms. The van der Waals surface area contributed by atoms with E-state index in [2.05, 4.69) is 10.3 Å². The first-order valence-corrected chi connectivity index (χ1v) is 6.85. The van der Waals surface area contributed by atoms with Gasteiger partial charge in [-0.2, -0.15) is 0 Å². The van der Waals surface area contributed by atoms with Crippen LogP contribution in [0.3, 0.4) is 0 Å². The minimum absolute atomic E-state index is 0.303.